The van der Waals surface area contributed by atoms with Gasteiger partial charge >= 0.3 is 12.1 Å². The molecule has 0 saturated carbocycles. The summed E-state index contributed by atoms with van der Waals surface area (Å²) in [6.45, 7) is 2.71. The van der Waals surface area contributed by atoms with Gasteiger partial charge in [0.25, 0.3) is 0 Å². The molecule has 0 fully saturated rings. The van der Waals surface area contributed by atoms with Crippen molar-refractivity contribution in [1.82, 2.24) is 10.2 Å². The molecule has 1 amide bonds. The van der Waals surface area contributed by atoms with Crippen molar-refractivity contribution < 1.29 is 19.4 Å². The smallest absolute Gasteiger partial charge is 0.411 e. The minimum absolute atomic E-state index is 0.279. The predicted molar refractivity (Wildman–Crippen MR) is 185 cm³/mol. The van der Waals surface area contributed by atoms with Gasteiger partial charge < -0.3 is 9.84 Å². The van der Waals surface area contributed by atoms with Crippen LogP contribution in [-0.4, -0.2) is 41.8 Å². The fourth-order valence-corrected chi connectivity index (χ4v) is 7.05. The van der Waals surface area contributed by atoms with E-state index in [1.54, 1.807) is 0 Å². The number of nitrogens with zero attached hydrogens (tertiary/aromatic N) is 1. The van der Waals surface area contributed by atoms with Gasteiger partial charge in [-0.1, -0.05) is 139 Å². The molecule has 0 heterocycles. The normalized spacial score (nSPS) is 13.0. The van der Waals surface area contributed by atoms with Gasteiger partial charge in [-0.25, -0.2) is 9.59 Å². The highest BCUT2D eigenvalue weighted by molar-refractivity contribution is 5.85. The molecule has 238 valence electrons. The van der Waals surface area contributed by atoms with Crippen molar-refractivity contribution in [3.05, 3.63) is 167 Å². The SMILES string of the molecule is COC(=O)N(C(CCCCNC(c1ccccc1)(c1ccccc1)c1ccc(C)cc1)C(=O)O)C1c2ccccc2-c2ccccc21. The average Bonchev–Trinajstić information content (AvgIpc) is 3.44. The highest BCUT2D eigenvalue weighted by Gasteiger charge is 2.42. The van der Waals surface area contributed by atoms with E-state index in [0.29, 0.717) is 19.4 Å². The van der Waals surface area contributed by atoms with Crippen molar-refractivity contribution in [3.8, 4) is 11.1 Å². The Labute approximate surface area is 276 Å². The number of unbranched alkanes of at least 4 members (excludes halogenated alkanes) is 1. The summed E-state index contributed by atoms with van der Waals surface area (Å²) in [5.41, 5.74) is 7.75. The minimum Gasteiger partial charge on any atom is -0.480 e. The van der Waals surface area contributed by atoms with Gasteiger partial charge in [-0.05, 0) is 71.7 Å². The van der Waals surface area contributed by atoms with E-state index >= 15 is 0 Å². The van der Waals surface area contributed by atoms with Crippen LogP contribution < -0.4 is 5.32 Å². The van der Waals surface area contributed by atoms with Crippen molar-refractivity contribution in [2.75, 3.05) is 13.7 Å². The van der Waals surface area contributed by atoms with Gasteiger partial charge in [0.1, 0.15) is 6.04 Å². The van der Waals surface area contributed by atoms with Crippen LogP contribution in [0.1, 0.15) is 58.7 Å². The van der Waals surface area contributed by atoms with Gasteiger partial charge in [0.05, 0.1) is 18.7 Å². The first-order chi connectivity index (χ1) is 23.0. The number of rotatable bonds is 12. The van der Waals surface area contributed by atoms with Crippen LogP contribution in [0.3, 0.4) is 0 Å². The summed E-state index contributed by atoms with van der Waals surface area (Å²) in [6.07, 6.45) is 0.908. The van der Waals surface area contributed by atoms with Gasteiger partial charge in [-0.2, -0.15) is 0 Å². The third kappa shape index (κ3) is 6.17. The number of benzene rings is 5. The third-order valence-corrected chi connectivity index (χ3v) is 9.28. The molecule has 2 N–H and O–H groups in total. The van der Waals surface area contributed by atoms with Crippen molar-refractivity contribution in [1.29, 1.82) is 0 Å². The maximum atomic E-state index is 13.4. The Bertz CT molecular complexity index is 1740. The van der Waals surface area contributed by atoms with Crippen LogP contribution in [0.5, 0.6) is 0 Å². The molecule has 0 radical (unpaired) electrons. The highest BCUT2D eigenvalue weighted by Crippen LogP contribution is 2.47. The number of nitrogens with one attached hydrogen (secondary N) is 1. The number of amides is 1. The molecule has 5 aromatic rings. The number of carboxylic acid groups (broad SMARTS) is 1. The average molecular weight is 625 g/mol. The lowest BCUT2D eigenvalue weighted by atomic mass is 9.76. The third-order valence-electron chi connectivity index (χ3n) is 9.28. The minimum atomic E-state index is -1.07. The first-order valence-electron chi connectivity index (χ1n) is 16.2. The van der Waals surface area contributed by atoms with Crippen LogP contribution in [0.4, 0.5) is 4.79 Å². The molecule has 6 rings (SSSR count). The molecule has 0 aromatic heterocycles. The Morgan fingerprint density at radius 3 is 1.72 bits per heavy atom. The van der Waals surface area contributed by atoms with E-state index < -0.39 is 29.7 Å². The molecule has 1 aliphatic rings. The van der Waals surface area contributed by atoms with Crippen LogP contribution in [-0.2, 0) is 15.1 Å². The van der Waals surface area contributed by atoms with Gasteiger partial charge in [0, 0.05) is 0 Å². The van der Waals surface area contributed by atoms with Crippen molar-refractivity contribution in [3.63, 3.8) is 0 Å². The molecule has 1 unspecified atom stereocenters. The molecule has 6 heteroatoms. The quantitative estimate of drug-likeness (QED) is 0.108. The van der Waals surface area contributed by atoms with E-state index in [1.807, 2.05) is 60.7 Å². The summed E-state index contributed by atoms with van der Waals surface area (Å²) < 4.78 is 5.22. The van der Waals surface area contributed by atoms with Crippen LogP contribution in [0.2, 0.25) is 0 Å². The number of methoxy groups -OCH3 is 1. The van der Waals surface area contributed by atoms with Gasteiger partial charge in [-0.15, -0.1) is 0 Å². The molecule has 1 aliphatic carbocycles. The Morgan fingerprint density at radius 1 is 0.723 bits per heavy atom. The summed E-state index contributed by atoms with van der Waals surface area (Å²) in [4.78, 5) is 27.7. The molecule has 0 spiro atoms. The molecule has 47 heavy (non-hydrogen) atoms. The number of carbonyl (C=O) groups excluding carboxylic acids is 1. The topological polar surface area (TPSA) is 78.9 Å². The summed E-state index contributed by atoms with van der Waals surface area (Å²) in [5, 5.41) is 14.4. The van der Waals surface area contributed by atoms with Crippen molar-refractivity contribution >= 4 is 12.1 Å². The van der Waals surface area contributed by atoms with Gasteiger partial charge in [0.15, 0.2) is 0 Å². The second-order valence-corrected chi connectivity index (χ2v) is 12.1. The highest BCUT2D eigenvalue weighted by atomic mass is 16.5. The van der Waals surface area contributed by atoms with E-state index in [2.05, 4.69) is 85.0 Å². The molecule has 0 aliphatic heterocycles. The van der Waals surface area contributed by atoms with E-state index in [0.717, 1.165) is 38.9 Å². The zero-order valence-corrected chi connectivity index (χ0v) is 26.8. The van der Waals surface area contributed by atoms with E-state index in [4.69, 9.17) is 4.74 Å². The van der Waals surface area contributed by atoms with E-state index in [1.165, 1.54) is 17.6 Å². The maximum absolute atomic E-state index is 13.4. The number of aliphatic carboxylic acids is 1. The number of aryl methyl sites for hydroxylation is 1. The number of hydrogen-bond donors (Lipinski definition) is 2. The van der Waals surface area contributed by atoms with Gasteiger partial charge in [-0.3, -0.25) is 10.2 Å². The van der Waals surface area contributed by atoms with Gasteiger partial charge in [0.2, 0.25) is 0 Å². The zero-order valence-electron chi connectivity index (χ0n) is 26.8. The maximum Gasteiger partial charge on any atom is 0.411 e. The standard InChI is InChI=1S/C41H40N2O4/c1-29-24-26-32(27-25-29)41(30-15-5-3-6-16-30,31-17-7-4-8-18-31)42-28-14-13-23-37(39(44)45)43(40(46)47-2)38-35-21-11-9-19-33(35)34-20-10-12-22-36(34)38/h3-12,15-22,24-27,37-38,42H,13-14,23,28H2,1-2H3,(H,44,45). The molecule has 1 atom stereocenters. The van der Waals surface area contributed by atoms with Crippen molar-refractivity contribution in [2.45, 2.75) is 43.8 Å². The fourth-order valence-electron chi connectivity index (χ4n) is 7.05. The van der Waals surface area contributed by atoms with Crippen molar-refractivity contribution in [2.24, 2.45) is 0 Å². The summed E-state index contributed by atoms with van der Waals surface area (Å²) in [7, 11) is 1.31. The zero-order chi connectivity index (χ0) is 32.8. The van der Waals surface area contributed by atoms with E-state index in [9.17, 15) is 14.7 Å². The second kappa shape index (κ2) is 14.1. The Balaban J connectivity index is 1.26. The first-order valence-corrected chi connectivity index (χ1v) is 16.2. The number of carboxylic acids is 1. The lowest BCUT2D eigenvalue weighted by Crippen LogP contribution is -2.47. The molecule has 6 nitrogen and oxygen atoms in total. The summed E-state index contributed by atoms with van der Waals surface area (Å²) in [5.74, 6) is -1.05. The van der Waals surface area contributed by atoms with Crippen LogP contribution in [0.25, 0.3) is 11.1 Å². The Morgan fingerprint density at radius 2 is 1.21 bits per heavy atom. The largest absolute Gasteiger partial charge is 0.480 e. The van der Waals surface area contributed by atoms with Crippen LogP contribution >= 0.6 is 0 Å². The predicted octanol–water partition coefficient (Wildman–Crippen LogP) is 8.34. The monoisotopic (exact) mass is 624 g/mol. The fraction of sp³-hybridized carbons (Fsp3) is 0.220. The number of ether oxygens (including phenoxy) is 1. The second-order valence-electron chi connectivity index (χ2n) is 12.1. The molecule has 5 aromatic carbocycles. The lowest BCUT2D eigenvalue weighted by molar-refractivity contribution is -0.143. The van der Waals surface area contributed by atoms with Crippen LogP contribution in [0, 0.1) is 6.92 Å². The molecular formula is C41H40N2O4. The first kappa shape index (κ1) is 31.8. The Kier molecular flexibility index (Phi) is 9.50. The molecule has 0 saturated heterocycles. The number of hydrogen-bond acceptors (Lipinski definition) is 4. The molecular weight excluding hydrogens is 584 g/mol. The van der Waals surface area contributed by atoms with E-state index in [-0.39, 0.29) is 6.42 Å². The van der Waals surface area contributed by atoms with Crippen LogP contribution in [0.15, 0.2) is 133 Å². The number of fused-ring (bicyclic) bond motifs is 3. The summed E-state index contributed by atoms with van der Waals surface area (Å²) >= 11 is 0. The summed E-state index contributed by atoms with van der Waals surface area (Å²) in [6, 6.07) is 43.6. The Hall–Kier alpha value is -5.20. The molecule has 0 bridgehead atoms. The lowest BCUT2D eigenvalue weighted by Gasteiger charge is -2.37. The number of carbonyl (C=O) groups is 2.